The number of anilines is 3. The fourth-order valence-electron chi connectivity index (χ4n) is 9.68. The highest BCUT2D eigenvalue weighted by Gasteiger charge is 2.74. The van der Waals surface area contributed by atoms with Gasteiger partial charge in [0.1, 0.15) is 29.9 Å². The molecule has 0 bridgehead atoms. The van der Waals surface area contributed by atoms with Crippen LogP contribution in [0.2, 0.25) is 0 Å². The standard InChI is InChI=1S/C49H46N6O8/c50-48(60)51-22-8-9-31-16-21-39-38(29-31)49(47(59)53-39)40(45(57)52-35-17-19-36(20-18-35)54-23-26-61-27-24-54)42-46(58)63-43(33-12-5-2-6-13-33)41(32-10-3-1-4-11-32)55(42)44(49)34-14-7-15-37(30-34)62-28-25-56/h1-7,10-21,29-30,40-44,56H,22-28H2,(H,52,57)(H,53,59)(H3,50,51,60)/t40-,41-,42?,43+,44+,49?/m1/s1. The number of nitrogens with zero attached hydrogens (tertiary/aromatic N) is 2. The van der Waals surface area contributed by atoms with Crippen molar-refractivity contribution in [2.45, 2.75) is 29.6 Å². The number of amides is 4. The first-order chi connectivity index (χ1) is 30.8. The van der Waals surface area contributed by atoms with Crippen LogP contribution in [-0.4, -0.2) is 85.9 Å². The van der Waals surface area contributed by atoms with Gasteiger partial charge in [-0.2, -0.15) is 0 Å². The smallest absolute Gasteiger partial charge is 0.324 e. The Labute approximate surface area is 364 Å². The van der Waals surface area contributed by atoms with E-state index >= 15 is 14.4 Å². The average molecular weight is 847 g/mol. The van der Waals surface area contributed by atoms with Crippen LogP contribution in [0, 0.1) is 17.8 Å². The Morgan fingerprint density at radius 2 is 1.57 bits per heavy atom. The number of hydrogen-bond donors (Lipinski definition) is 5. The van der Waals surface area contributed by atoms with Crippen LogP contribution in [-0.2, 0) is 29.3 Å². The van der Waals surface area contributed by atoms with Crippen LogP contribution in [0.25, 0.3) is 0 Å². The van der Waals surface area contributed by atoms with Gasteiger partial charge in [-0.25, -0.2) is 4.79 Å². The van der Waals surface area contributed by atoms with Gasteiger partial charge in [0.15, 0.2) is 0 Å². The summed E-state index contributed by atoms with van der Waals surface area (Å²) in [6, 6.07) is 35.3. The van der Waals surface area contributed by atoms with Crippen LogP contribution in [0.5, 0.6) is 5.75 Å². The molecule has 4 aliphatic rings. The molecule has 0 radical (unpaired) electrons. The van der Waals surface area contributed by atoms with Crippen molar-refractivity contribution in [1.29, 1.82) is 0 Å². The third kappa shape index (κ3) is 7.71. The number of primary amides is 1. The summed E-state index contributed by atoms with van der Waals surface area (Å²) in [7, 11) is 0. The minimum absolute atomic E-state index is 0.0192. The van der Waals surface area contributed by atoms with Crippen molar-refractivity contribution in [1.82, 2.24) is 10.2 Å². The van der Waals surface area contributed by atoms with Gasteiger partial charge in [0.25, 0.3) is 0 Å². The van der Waals surface area contributed by atoms with Crippen molar-refractivity contribution in [2.24, 2.45) is 11.7 Å². The van der Waals surface area contributed by atoms with Gasteiger partial charge in [0.2, 0.25) is 11.8 Å². The molecule has 4 aliphatic heterocycles. The monoisotopic (exact) mass is 846 g/mol. The number of rotatable bonds is 10. The summed E-state index contributed by atoms with van der Waals surface area (Å²) in [4.78, 5) is 61.9. The van der Waals surface area contributed by atoms with Crippen molar-refractivity contribution in [3.05, 3.63) is 155 Å². The second-order valence-electron chi connectivity index (χ2n) is 15.8. The number of aliphatic hydroxyl groups excluding tert-OH is 1. The molecule has 320 valence electrons. The first kappa shape index (κ1) is 41.2. The SMILES string of the molecule is NC(=O)NCC#Cc1ccc2c(c1)C1(C(=O)N2)[C@H](c2cccc(OCCO)c2)N2C(C(=O)O[C@@H](c3ccccc3)[C@H]2c2ccccc2)[C@@H]1C(=O)Nc1ccc(N2CCOCC2)cc1. The molecule has 0 saturated carbocycles. The molecule has 2 unspecified atom stereocenters. The van der Waals surface area contributed by atoms with E-state index in [0.29, 0.717) is 47.0 Å². The molecule has 0 aromatic heterocycles. The molecular weight excluding hydrogens is 801 g/mol. The quantitative estimate of drug-likeness (QED) is 0.0965. The molecular formula is C49H46N6O8. The van der Waals surface area contributed by atoms with E-state index in [1.165, 1.54) is 0 Å². The number of benzene rings is 5. The minimum atomic E-state index is -1.78. The fourth-order valence-corrected chi connectivity index (χ4v) is 9.68. The summed E-state index contributed by atoms with van der Waals surface area (Å²) >= 11 is 0. The van der Waals surface area contributed by atoms with Gasteiger partial charge in [-0.15, -0.1) is 0 Å². The van der Waals surface area contributed by atoms with Gasteiger partial charge >= 0.3 is 12.0 Å². The molecule has 3 fully saturated rings. The lowest BCUT2D eigenvalue weighted by Crippen LogP contribution is -2.53. The summed E-state index contributed by atoms with van der Waals surface area (Å²) in [6.07, 6.45) is -0.848. The third-order valence-corrected chi connectivity index (χ3v) is 12.2. The number of carbonyl (C=O) groups is 4. The normalized spacial score (nSPS) is 23.7. The molecule has 1 spiro atoms. The number of morpholine rings is 2. The number of carbonyl (C=O) groups excluding carboxylic acids is 4. The molecule has 5 aromatic rings. The van der Waals surface area contributed by atoms with Crippen LogP contribution in [0.1, 0.15) is 46.0 Å². The van der Waals surface area contributed by atoms with Crippen LogP contribution in [0.3, 0.4) is 0 Å². The van der Waals surface area contributed by atoms with Crippen molar-refractivity contribution in [3.8, 4) is 17.6 Å². The third-order valence-electron chi connectivity index (χ3n) is 12.2. The Balaban J connectivity index is 1.27. The lowest BCUT2D eigenvalue weighted by atomic mass is 9.65. The molecule has 4 heterocycles. The van der Waals surface area contributed by atoms with E-state index in [0.717, 1.165) is 29.9 Å². The molecule has 14 heteroatoms. The lowest BCUT2D eigenvalue weighted by molar-refractivity contribution is -0.177. The highest BCUT2D eigenvalue weighted by molar-refractivity contribution is 6.13. The van der Waals surface area contributed by atoms with Crippen molar-refractivity contribution in [2.75, 3.05) is 61.6 Å². The maximum Gasteiger partial charge on any atom is 0.324 e. The zero-order valence-electron chi connectivity index (χ0n) is 34.2. The fraction of sp³-hybridized carbons (Fsp3) is 0.265. The Kier molecular flexibility index (Phi) is 11.5. The number of aliphatic hydroxyl groups is 1. The van der Waals surface area contributed by atoms with E-state index in [2.05, 4.69) is 32.7 Å². The van der Waals surface area contributed by atoms with Gasteiger partial charge in [0, 0.05) is 35.7 Å². The first-order valence-electron chi connectivity index (χ1n) is 20.9. The van der Waals surface area contributed by atoms with E-state index < -0.39 is 59.4 Å². The Hall–Kier alpha value is -7.18. The molecule has 14 nitrogen and oxygen atoms in total. The number of nitrogens with one attached hydrogen (secondary N) is 3. The zero-order chi connectivity index (χ0) is 43.5. The van der Waals surface area contributed by atoms with Crippen molar-refractivity contribution in [3.63, 3.8) is 0 Å². The number of urea groups is 1. The van der Waals surface area contributed by atoms with Gasteiger partial charge < -0.3 is 45.9 Å². The second-order valence-corrected chi connectivity index (χ2v) is 15.8. The maximum absolute atomic E-state index is 15.6. The highest BCUT2D eigenvalue weighted by Crippen LogP contribution is 2.65. The van der Waals surface area contributed by atoms with Gasteiger partial charge in [-0.3, -0.25) is 19.3 Å². The molecule has 6 atom stereocenters. The second kappa shape index (κ2) is 17.7. The highest BCUT2D eigenvalue weighted by atomic mass is 16.6. The summed E-state index contributed by atoms with van der Waals surface area (Å²) in [5, 5.41) is 18.4. The van der Waals surface area contributed by atoms with E-state index in [1.54, 1.807) is 36.4 Å². The predicted molar refractivity (Wildman–Crippen MR) is 235 cm³/mol. The van der Waals surface area contributed by atoms with Crippen molar-refractivity contribution >= 4 is 40.9 Å². The average Bonchev–Trinajstić information content (AvgIpc) is 3.79. The minimum Gasteiger partial charge on any atom is -0.491 e. The molecule has 0 aliphatic carbocycles. The topological polar surface area (TPSA) is 185 Å². The van der Waals surface area contributed by atoms with Gasteiger partial charge in [-0.05, 0) is 76.9 Å². The summed E-state index contributed by atoms with van der Waals surface area (Å²) in [5.41, 5.74) is 8.50. The molecule has 9 rings (SSSR count). The first-order valence-corrected chi connectivity index (χ1v) is 20.9. The van der Waals surface area contributed by atoms with E-state index in [1.807, 2.05) is 95.9 Å². The Morgan fingerprint density at radius 1 is 0.857 bits per heavy atom. The van der Waals surface area contributed by atoms with Crippen molar-refractivity contribution < 1.29 is 38.5 Å². The number of fused-ring (bicyclic) bond motifs is 3. The number of ether oxygens (including phenoxy) is 3. The number of cyclic esters (lactones) is 1. The van der Waals surface area contributed by atoms with Crippen LogP contribution in [0.15, 0.2) is 127 Å². The van der Waals surface area contributed by atoms with Crippen LogP contribution >= 0.6 is 0 Å². The van der Waals surface area contributed by atoms with E-state index in [9.17, 15) is 9.90 Å². The molecule has 3 saturated heterocycles. The zero-order valence-corrected chi connectivity index (χ0v) is 34.2. The number of esters is 1. The largest absolute Gasteiger partial charge is 0.491 e. The van der Waals surface area contributed by atoms with Gasteiger partial charge in [-0.1, -0.05) is 84.6 Å². The van der Waals surface area contributed by atoms with Crippen LogP contribution in [0.4, 0.5) is 21.9 Å². The maximum atomic E-state index is 15.6. The van der Waals surface area contributed by atoms with E-state index in [4.69, 9.17) is 19.9 Å². The lowest BCUT2D eigenvalue weighted by Gasteiger charge is -2.46. The van der Waals surface area contributed by atoms with Gasteiger partial charge in [0.05, 0.1) is 44.4 Å². The summed E-state index contributed by atoms with van der Waals surface area (Å²) < 4.78 is 18.0. The summed E-state index contributed by atoms with van der Waals surface area (Å²) in [6.45, 7) is 2.48. The Bertz CT molecular complexity index is 2580. The molecule has 5 aromatic carbocycles. The summed E-state index contributed by atoms with van der Waals surface area (Å²) in [5.74, 6) is 3.32. The van der Waals surface area contributed by atoms with E-state index in [-0.39, 0.29) is 19.8 Å². The molecule has 63 heavy (non-hydrogen) atoms. The Morgan fingerprint density at radius 3 is 2.29 bits per heavy atom. The van der Waals surface area contributed by atoms with Crippen LogP contribution < -0.4 is 31.3 Å². The number of nitrogens with two attached hydrogens (primary N) is 1. The number of hydrogen-bond acceptors (Lipinski definition) is 10. The molecule has 4 amide bonds. The molecule has 6 N–H and O–H groups in total. The predicted octanol–water partition coefficient (Wildman–Crippen LogP) is 4.82.